The molecule has 136 valence electrons. The number of aromatic nitrogens is 3. The summed E-state index contributed by atoms with van der Waals surface area (Å²) in [6.45, 7) is 8.10. The highest BCUT2D eigenvalue weighted by Gasteiger charge is 2.23. The quantitative estimate of drug-likeness (QED) is 0.724. The number of aryl methyl sites for hydroxylation is 1. The van der Waals surface area contributed by atoms with E-state index in [-0.39, 0.29) is 12.1 Å². The number of nitrogens with one attached hydrogen (secondary N) is 1. The van der Waals surface area contributed by atoms with Crippen molar-refractivity contribution in [3.05, 3.63) is 46.7 Å². The van der Waals surface area contributed by atoms with Crippen molar-refractivity contribution in [2.75, 3.05) is 11.9 Å². The second-order valence-corrected chi connectivity index (χ2v) is 7.43. The molecule has 2 amide bonds. The molecule has 1 aliphatic heterocycles. The Morgan fingerprint density at radius 1 is 1.27 bits per heavy atom. The van der Waals surface area contributed by atoms with Crippen LogP contribution in [0.5, 0.6) is 0 Å². The zero-order valence-electron chi connectivity index (χ0n) is 15.2. The highest BCUT2D eigenvalue weighted by molar-refractivity contribution is 6.35. The number of amides is 2. The lowest BCUT2D eigenvalue weighted by Gasteiger charge is -2.28. The van der Waals surface area contributed by atoms with Crippen LogP contribution in [0.2, 0.25) is 5.02 Å². The van der Waals surface area contributed by atoms with Gasteiger partial charge in [-0.05, 0) is 39.0 Å². The zero-order valence-corrected chi connectivity index (χ0v) is 15.9. The molecule has 0 spiro atoms. The van der Waals surface area contributed by atoms with E-state index < -0.39 is 0 Å². The van der Waals surface area contributed by atoms with E-state index in [1.807, 2.05) is 34.7 Å². The maximum Gasteiger partial charge on any atom is 0.323 e. The van der Waals surface area contributed by atoms with Crippen LogP contribution in [0.25, 0.3) is 10.9 Å². The second-order valence-electron chi connectivity index (χ2n) is 7.02. The average Bonchev–Trinajstić information content (AvgIpc) is 3.15. The van der Waals surface area contributed by atoms with Gasteiger partial charge in [0, 0.05) is 52.5 Å². The Morgan fingerprint density at radius 2 is 2.08 bits per heavy atom. The Labute approximate surface area is 157 Å². The fraction of sp³-hybridized carbons (Fsp3) is 0.368. The molecule has 0 atom stereocenters. The van der Waals surface area contributed by atoms with Crippen molar-refractivity contribution in [2.24, 2.45) is 0 Å². The maximum absolute atomic E-state index is 12.7. The fourth-order valence-corrected chi connectivity index (χ4v) is 3.85. The van der Waals surface area contributed by atoms with Crippen molar-refractivity contribution < 1.29 is 4.79 Å². The number of halogens is 1. The van der Waals surface area contributed by atoms with Crippen LogP contribution in [0.3, 0.4) is 0 Å². The minimum Gasteiger partial charge on any atom is -0.341 e. The second kappa shape index (κ2) is 6.36. The van der Waals surface area contributed by atoms with E-state index in [9.17, 15) is 4.79 Å². The molecule has 0 aliphatic carbocycles. The molecule has 1 aromatic carbocycles. The van der Waals surface area contributed by atoms with Gasteiger partial charge in [-0.3, -0.25) is 10.00 Å². The Hall–Kier alpha value is -2.47. The minimum atomic E-state index is -0.124. The Balaban J connectivity index is 1.53. The number of hydrogen-bond donors (Lipinski definition) is 1. The number of carbonyl (C=O) groups is 1. The Morgan fingerprint density at radius 3 is 2.81 bits per heavy atom. The fourth-order valence-electron chi connectivity index (χ4n) is 3.63. The molecule has 0 bridgehead atoms. The topological polar surface area (TPSA) is 55.1 Å². The predicted octanol–water partition coefficient (Wildman–Crippen LogP) is 4.43. The van der Waals surface area contributed by atoms with E-state index in [0.717, 1.165) is 33.9 Å². The van der Waals surface area contributed by atoms with Gasteiger partial charge in [0.05, 0.1) is 6.54 Å². The molecule has 3 aromatic rings. The van der Waals surface area contributed by atoms with Gasteiger partial charge in [0.15, 0.2) is 5.82 Å². The third-order valence-electron chi connectivity index (χ3n) is 4.86. The first kappa shape index (κ1) is 17.0. The van der Waals surface area contributed by atoms with E-state index in [1.54, 1.807) is 0 Å². The van der Waals surface area contributed by atoms with Gasteiger partial charge in [0.25, 0.3) is 0 Å². The summed E-state index contributed by atoms with van der Waals surface area (Å²) in [5.74, 6) is 0.593. The van der Waals surface area contributed by atoms with Crippen molar-refractivity contribution in [1.82, 2.24) is 19.2 Å². The first-order valence-corrected chi connectivity index (χ1v) is 9.20. The third kappa shape index (κ3) is 2.84. The number of carbonyl (C=O) groups excluding carboxylic acids is 1. The van der Waals surface area contributed by atoms with Crippen LogP contribution >= 0.6 is 11.6 Å². The molecule has 1 N–H and O–H groups in total. The first-order valence-electron chi connectivity index (χ1n) is 8.82. The van der Waals surface area contributed by atoms with Crippen LogP contribution in [0.4, 0.5) is 10.6 Å². The Kier molecular flexibility index (Phi) is 4.15. The van der Waals surface area contributed by atoms with E-state index in [4.69, 9.17) is 11.6 Å². The van der Waals surface area contributed by atoms with Gasteiger partial charge in [-0.15, -0.1) is 0 Å². The van der Waals surface area contributed by atoms with E-state index in [0.29, 0.717) is 18.9 Å². The maximum atomic E-state index is 12.7. The lowest BCUT2D eigenvalue weighted by atomic mass is 10.2. The van der Waals surface area contributed by atoms with Crippen LogP contribution in [-0.4, -0.2) is 31.8 Å². The molecule has 0 radical (unpaired) electrons. The number of fused-ring (bicyclic) bond motifs is 3. The smallest absolute Gasteiger partial charge is 0.323 e. The van der Waals surface area contributed by atoms with Crippen molar-refractivity contribution in [3.8, 4) is 0 Å². The average molecular weight is 372 g/mol. The standard InChI is InChI=1S/C19H22ClN5O/c1-12(2)25-13(3)9-18(22-25)21-19(26)23-7-8-24-14(11-23)10-15-16(20)5-4-6-17(15)24/h4-6,9-10,12H,7-8,11H2,1-3H3,(H,21,22,26). The van der Waals surface area contributed by atoms with Gasteiger partial charge >= 0.3 is 6.03 Å². The van der Waals surface area contributed by atoms with E-state index in [1.165, 1.54) is 0 Å². The molecule has 1 aliphatic rings. The Bertz CT molecular complexity index is 987. The normalized spacial score (nSPS) is 14.1. The third-order valence-corrected chi connectivity index (χ3v) is 5.19. The molecule has 26 heavy (non-hydrogen) atoms. The molecule has 7 heteroatoms. The highest BCUT2D eigenvalue weighted by Crippen LogP contribution is 2.29. The van der Waals surface area contributed by atoms with Gasteiger partial charge in [0.1, 0.15) is 0 Å². The summed E-state index contributed by atoms with van der Waals surface area (Å²) < 4.78 is 4.15. The van der Waals surface area contributed by atoms with Crippen molar-refractivity contribution in [1.29, 1.82) is 0 Å². The van der Waals surface area contributed by atoms with Crippen molar-refractivity contribution >= 4 is 34.4 Å². The van der Waals surface area contributed by atoms with E-state index in [2.05, 4.69) is 41.0 Å². The summed E-state index contributed by atoms with van der Waals surface area (Å²) in [6.07, 6.45) is 0. The molecule has 3 heterocycles. The molecular formula is C19H22ClN5O. The van der Waals surface area contributed by atoms with E-state index >= 15 is 0 Å². The molecular weight excluding hydrogens is 350 g/mol. The van der Waals surface area contributed by atoms with Crippen molar-refractivity contribution in [2.45, 2.75) is 39.9 Å². The molecule has 6 nitrogen and oxygen atoms in total. The summed E-state index contributed by atoms with van der Waals surface area (Å²) in [5, 5.41) is 9.18. The van der Waals surface area contributed by atoms with Gasteiger partial charge in [-0.2, -0.15) is 5.10 Å². The van der Waals surface area contributed by atoms with Crippen LogP contribution in [0, 0.1) is 6.92 Å². The van der Waals surface area contributed by atoms with Crippen LogP contribution < -0.4 is 5.32 Å². The van der Waals surface area contributed by atoms with Crippen LogP contribution in [0.1, 0.15) is 31.3 Å². The largest absolute Gasteiger partial charge is 0.341 e. The number of rotatable bonds is 2. The number of hydrogen-bond acceptors (Lipinski definition) is 2. The molecule has 0 saturated heterocycles. The lowest BCUT2D eigenvalue weighted by molar-refractivity contribution is 0.197. The molecule has 2 aromatic heterocycles. The van der Waals surface area contributed by atoms with Gasteiger partial charge in [-0.25, -0.2) is 4.79 Å². The lowest BCUT2D eigenvalue weighted by Crippen LogP contribution is -2.40. The molecule has 0 unspecified atom stereocenters. The summed E-state index contributed by atoms with van der Waals surface area (Å²) in [6, 6.07) is 10.0. The molecule has 0 fully saturated rings. The molecule has 0 saturated carbocycles. The number of anilines is 1. The summed E-state index contributed by atoms with van der Waals surface area (Å²) in [4.78, 5) is 14.5. The summed E-state index contributed by atoms with van der Waals surface area (Å²) in [7, 11) is 0. The van der Waals surface area contributed by atoms with Gasteiger partial charge in [0.2, 0.25) is 0 Å². The predicted molar refractivity (Wildman–Crippen MR) is 104 cm³/mol. The monoisotopic (exact) mass is 371 g/mol. The van der Waals surface area contributed by atoms with Crippen molar-refractivity contribution in [3.63, 3.8) is 0 Å². The summed E-state index contributed by atoms with van der Waals surface area (Å²) >= 11 is 6.31. The highest BCUT2D eigenvalue weighted by atomic mass is 35.5. The van der Waals surface area contributed by atoms with Crippen LogP contribution in [-0.2, 0) is 13.1 Å². The molecule has 4 rings (SSSR count). The first-order chi connectivity index (χ1) is 12.4. The zero-order chi connectivity index (χ0) is 18.4. The van der Waals surface area contributed by atoms with Crippen LogP contribution in [0.15, 0.2) is 30.3 Å². The summed E-state index contributed by atoms with van der Waals surface area (Å²) in [5.41, 5.74) is 3.25. The number of benzene rings is 1. The van der Waals surface area contributed by atoms with Gasteiger partial charge in [-0.1, -0.05) is 17.7 Å². The SMILES string of the molecule is Cc1cc(NC(=O)N2CCn3c(cc4c(Cl)cccc43)C2)nn1C(C)C. The number of nitrogens with zero attached hydrogens (tertiary/aromatic N) is 4. The minimum absolute atomic E-state index is 0.124. The number of urea groups is 1. The van der Waals surface area contributed by atoms with Gasteiger partial charge < -0.3 is 9.47 Å².